The van der Waals surface area contributed by atoms with Crippen LogP contribution in [0.15, 0.2) is 12.1 Å². The molecule has 0 aliphatic rings. The Hall–Kier alpha value is -1.20. The molecule has 5 heteroatoms. The van der Waals surface area contributed by atoms with Gasteiger partial charge in [0.2, 0.25) is 0 Å². The minimum absolute atomic E-state index is 0.532. The van der Waals surface area contributed by atoms with E-state index in [1.807, 2.05) is 19.1 Å². The zero-order chi connectivity index (χ0) is 14.9. The summed E-state index contributed by atoms with van der Waals surface area (Å²) in [6, 6.07) is 5.12. The Morgan fingerprint density at radius 1 is 1.25 bits per heavy atom. The van der Waals surface area contributed by atoms with E-state index in [9.17, 15) is 0 Å². The van der Waals surface area contributed by atoms with Gasteiger partial charge in [-0.05, 0) is 59.0 Å². The topological polar surface area (TPSA) is 36.9 Å². The molecule has 2 heterocycles. The van der Waals surface area contributed by atoms with Gasteiger partial charge in [-0.15, -0.1) is 0 Å². The second-order valence-electron chi connectivity index (χ2n) is 5.83. The second kappa shape index (κ2) is 6.06. The molecule has 4 nitrogen and oxygen atoms in total. The van der Waals surface area contributed by atoms with Crippen LogP contribution in [0.2, 0.25) is 0 Å². The highest BCUT2D eigenvalue weighted by Gasteiger charge is 2.14. The van der Waals surface area contributed by atoms with Crippen molar-refractivity contribution in [2.24, 2.45) is 0 Å². The van der Waals surface area contributed by atoms with Crippen LogP contribution in [0.4, 0.5) is 0 Å². The lowest BCUT2D eigenvalue weighted by Gasteiger charge is -2.30. The number of fused-ring (bicyclic) bond motifs is 1. The Labute approximate surface area is 125 Å². The molecule has 0 saturated carbocycles. The molecule has 0 aliphatic carbocycles. The Morgan fingerprint density at radius 2 is 1.90 bits per heavy atom. The number of nitrogens with one attached hydrogen (secondary N) is 1. The van der Waals surface area contributed by atoms with Crippen molar-refractivity contribution in [1.29, 1.82) is 0 Å². The number of nitrogens with zero attached hydrogens (tertiary/aromatic N) is 3. The third-order valence-electron chi connectivity index (χ3n) is 3.67. The fourth-order valence-electron chi connectivity index (χ4n) is 2.66. The summed E-state index contributed by atoms with van der Waals surface area (Å²) in [5, 5.41) is 0. The molecule has 2 rings (SSSR count). The Kier molecular flexibility index (Phi) is 4.60. The van der Waals surface area contributed by atoms with Crippen LogP contribution in [0.25, 0.3) is 11.2 Å². The fraction of sp³-hybridized carbons (Fsp3) is 0.600. The smallest absolute Gasteiger partial charge is 0.179 e. The van der Waals surface area contributed by atoms with Gasteiger partial charge in [0.15, 0.2) is 10.4 Å². The molecule has 1 N–H and O–H groups in total. The van der Waals surface area contributed by atoms with Gasteiger partial charge in [0.05, 0.1) is 5.52 Å². The molecular weight excluding hydrogens is 268 g/mol. The highest BCUT2D eigenvalue weighted by atomic mass is 32.1. The molecule has 0 unspecified atom stereocenters. The van der Waals surface area contributed by atoms with E-state index in [2.05, 4.69) is 47.1 Å². The number of aromatic amines is 1. The zero-order valence-corrected chi connectivity index (χ0v) is 13.8. The maximum atomic E-state index is 5.43. The van der Waals surface area contributed by atoms with E-state index in [0.717, 1.165) is 34.7 Å². The lowest BCUT2D eigenvalue weighted by atomic mass is 10.2. The number of H-pyrrole nitrogens is 1. The molecule has 0 radical (unpaired) electrons. The van der Waals surface area contributed by atoms with E-state index in [1.54, 1.807) is 0 Å². The van der Waals surface area contributed by atoms with Gasteiger partial charge in [-0.1, -0.05) is 0 Å². The maximum absolute atomic E-state index is 5.43. The number of hydrogen-bond acceptors (Lipinski definition) is 3. The summed E-state index contributed by atoms with van der Waals surface area (Å²) in [5.41, 5.74) is 2.99. The van der Waals surface area contributed by atoms with Gasteiger partial charge in [0.1, 0.15) is 0 Å². The lowest BCUT2D eigenvalue weighted by molar-refractivity contribution is 0.168. The molecule has 0 aliphatic heterocycles. The summed E-state index contributed by atoms with van der Waals surface area (Å²) < 4.78 is 2.86. The highest BCUT2D eigenvalue weighted by molar-refractivity contribution is 7.71. The van der Waals surface area contributed by atoms with Gasteiger partial charge in [0.25, 0.3) is 0 Å². The fourth-order valence-corrected chi connectivity index (χ4v) is 2.95. The van der Waals surface area contributed by atoms with E-state index in [-0.39, 0.29) is 0 Å². The minimum Gasteiger partial charge on any atom is -0.329 e. The van der Waals surface area contributed by atoms with Crippen molar-refractivity contribution in [3.63, 3.8) is 0 Å². The summed E-state index contributed by atoms with van der Waals surface area (Å²) in [4.78, 5) is 10.3. The van der Waals surface area contributed by atoms with Gasteiger partial charge >= 0.3 is 0 Å². The summed E-state index contributed by atoms with van der Waals surface area (Å²) in [6.07, 6.45) is 0. The van der Waals surface area contributed by atoms with Crippen molar-refractivity contribution in [2.45, 2.75) is 53.2 Å². The summed E-state index contributed by atoms with van der Waals surface area (Å²) >= 11 is 5.43. The van der Waals surface area contributed by atoms with Crippen LogP contribution in [0.5, 0.6) is 0 Å². The van der Waals surface area contributed by atoms with E-state index in [4.69, 9.17) is 12.2 Å². The summed E-state index contributed by atoms with van der Waals surface area (Å²) in [6.45, 7) is 12.8. The molecule has 20 heavy (non-hydrogen) atoms. The Balaban J connectivity index is 2.27. The molecule has 2 aromatic heterocycles. The SMILES string of the molecule is Cc1ccc2[nH]c(=S)n(CCN(C(C)C)C(C)C)c2n1. The average molecular weight is 292 g/mol. The molecule has 0 saturated heterocycles. The van der Waals surface area contributed by atoms with Crippen molar-refractivity contribution < 1.29 is 0 Å². The molecule has 0 spiro atoms. The largest absolute Gasteiger partial charge is 0.329 e. The van der Waals surface area contributed by atoms with Crippen molar-refractivity contribution in [3.05, 3.63) is 22.6 Å². The third kappa shape index (κ3) is 3.10. The normalized spacial score (nSPS) is 12.2. The number of aryl methyl sites for hydroxylation is 1. The Bertz CT molecular complexity index is 631. The van der Waals surface area contributed by atoms with Crippen LogP contribution in [0.3, 0.4) is 0 Å². The highest BCUT2D eigenvalue weighted by Crippen LogP contribution is 2.13. The third-order valence-corrected chi connectivity index (χ3v) is 3.99. The van der Waals surface area contributed by atoms with E-state index in [0.29, 0.717) is 12.1 Å². The predicted molar refractivity (Wildman–Crippen MR) is 86.6 cm³/mol. The Morgan fingerprint density at radius 3 is 2.50 bits per heavy atom. The van der Waals surface area contributed by atoms with Gasteiger partial charge in [-0.25, -0.2) is 4.98 Å². The van der Waals surface area contributed by atoms with Crippen LogP contribution in [-0.4, -0.2) is 38.1 Å². The van der Waals surface area contributed by atoms with Crippen molar-refractivity contribution in [3.8, 4) is 0 Å². The molecule has 0 atom stereocenters. The molecule has 0 aromatic carbocycles. The van der Waals surface area contributed by atoms with Gasteiger partial charge in [0, 0.05) is 30.9 Å². The minimum atomic E-state index is 0.532. The van der Waals surface area contributed by atoms with Crippen molar-refractivity contribution in [2.75, 3.05) is 6.54 Å². The van der Waals surface area contributed by atoms with Crippen LogP contribution < -0.4 is 0 Å². The number of pyridine rings is 1. The molecule has 110 valence electrons. The van der Waals surface area contributed by atoms with E-state index in [1.165, 1.54) is 0 Å². The first kappa shape index (κ1) is 15.2. The number of hydrogen-bond donors (Lipinski definition) is 1. The second-order valence-corrected chi connectivity index (χ2v) is 6.22. The first-order chi connectivity index (χ1) is 9.40. The maximum Gasteiger partial charge on any atom is 0.179 e. The summed E-state index contributed by atoms with van der Waals surface area (Å²) in [7, 11) is 0. The van der Waals surface area contributed by atoms with Gasteiger partial charge in [-0.2, -0.15) is 0 Å². The quantitative estimate of drug-likeness (QED) is 0.857. The van der Waals surface area contributed by atoms with Crippen LogP contribution in [0.1, 0.15) is 33.4 Å². The van der Waals surface area contributed by atoms with Crippen molar-refractivity contribution in [1.82, 2.24) is 19.4 Å². The number of imidazole rings is 1. The first-order valence-electron chi connectivity index (χ1n) is 7.22. The average Bonchev–Trinajstić information content (AvgIpc) is 2.65. The van der Waals surface area contributed by atoms with E-state index < -0.39 is 0 Å². The van der Waals surface area contributed by atoms with Crippen LogP contribution in [0, 0.1) is 11.7 Å². The molecule has 0 bridgehead atoms. The van der Waals surface area contributed by atoms with Crippen molar-refractivity contribution >= 4 is 23.4 Å². The van der Waals surface area contributed by atoms with Crippen LogP contribution >= 0.6 is 12.2 Å². The molecule has 0 amide bonds. The predicted octanol–water partition coefficient (Wildman–Crippen LogP) is 3.52. The number of rotatable bonds is 5. The van der Waals surface area contributed by atoms with Gasteiger partial charge in [-0.3, -0.25) is 4.90 Å². The molecule has 2 aromatic rings. The zero-order valence-electron chi connectivity index (χ0n) is 13.0. The first-order valence-corrected chi connectivity index (χ1v) is 7.63. The van der Waals surface area contributed by atoms with Crippen LogP contribution in [-0.2, 0) is 6.54 Å². The summed E-state index contributed by atoms with van der Waals surface area (Å²) in [5.74, 6) is 0. The number of aromatic nitrogens is 3. The monoisotopic (exact) mass is 292 g/mol. The van der Waals surface area contributed by atoms with Gasteiger partial charge < -0.3 is 9.55 Å². The van der Waals surface area contributed by atoms with E-state index >= 15 is 0 Å². The lowest BCUT2D eigenvalue weighted by Crippen LogP contribution is -2.39. The molecular formula is C15H24N4S. The standard InChI is InChI=1S/C15H24N4S/c1-10(2)18(11(3)4)8-9-19-14-13(17-15(19)20)7-6-12(5)16-14/h6-7,10-11H,8-9H2,1-5H3,(H,17,20). The molecule has 0 fully saturated rings.